The maximum absolute atomic E-state index is 10.1. The lowest BCUT2D eigenvalue weighted by Crippen LogP contribution is -2.19. The van der Waals surface area contributed by atoms with Crippen LogP contribution in [0.1, 0.15) is 24.8 Å². The van der Waals surface area contributed by atoms with Gasteiger partial charge >= 0.3 is 0 Å². The molecule has 0 amide bonds. The summed E-state index contributed by atoms with van der Waals surface area (Å²) in [4.78, 5) is 0. The van der Waals surface area contributed by atoms with Gasteiger partial charge in [0.15, 0.2) is 6.29 Å². The Morgan fingerprint density at radius 2 is 1.95 bits per heavy atom. The van der Waals surface area contributed by atoms with E-state index in [1.807, 2.05) is 24.3 Å². The third-order valence-electron chi connectivity index (χ3n) is 4.82. The summed E-state index contributed by atoms with van der Waals surface area (Å²) in [7, 11) is 0. The monoisotopic (exact) mass is 304 g/mol. The van der Waals surface area contributed by atoms with Crippen LogP contribution in [0.4, 0.5) is 0 Å². The van der Waals surface area contributed by atoms with Crippen LogP contribution in [0.2, 0.25) is 0 Å². The van der Waals surface area contributed by atoms with Gasteiger partial charge in [0, 0.05) is 18.8 Å². The Morgan fingerprint density at radius 1 is 1.18 bits per heavy atom. The molecule has 1 aliphatic carbocycles. The number of aliphatic hydroxyl groups excluding tert-OH is 3. The standard InChI is InChI=1S/C18H24O4/c19-13(7-6-12-4-2-1-3-5-12)8-9-14-15-10-18(21)22-17(15)11-16(14)20/h1-5,8-9,13-21H,6-7,10-11H2/t13?,14-,15-,16-,17+,18?/m1/s1. The number of ether oxygens (including phenoxy) is 1. The Bertz CT molecular complexity index is 501. The average molecular weight is 304 g/mol. The summed E-state index contributed by atoms with van der Waals surface area (Å²) in [5, 5.41) is 29.8. The zero-order valence-electron chi connectivity index (χ0n) is 12.6. The number of aryl methyl sites for hydroxylation is 1. The van der Waals surface area contributed by atoms with Crippen LogP contribution in [0.15, 0.2) is 42.5 Å². The van der Waals surface area contributed by atoms with Gasteiger partial charge in [0.25, 0.3) is 0 Å². The lowest BCUT2D eigenvalue weighted by Gasteiger charge is -2.16. The van der Waals surface area contributed by atoms with Crippen molar-refractivity contribution in [3.63, 3.8) is 0 Å². The fraction of sp³-hybridized carbons (Fsp3) is 0.556. The van der Waals surface area contributed by atoms with E-state index in [1.54, 1.807) is 6.08 Å². The van der Waals surface area contributed by atoms with Crippen LogP contribution >= 0.6 is 0 Å². The molecule has 2 aliphatic rings. The van der Waals surface area contributed by atoms with Gasteiger partial charge in [0.05, 0.1) is 18.3 Å². The van der Waals surface area contributed by atoms with Gasteiger partial charge in [-0.2, -0.15) is 0 Å². The van der Waals surface area contributed by atoms with E-state index in [-0.39, 0.29) is 17.9 Å². The van der Waals surface area contributed by atoms with E-state index >= 15 is 0 Å². The van der Waals surface area contributed by atoms with Crippen molar-refractivity contribution in [3.8, 4) is 0 Å². The number of rotatable bonds is 5. The van der Waals surface area contributed by atoms with Gasteiger partial charge in [-0.05, 0) is 24.3 Å². The number of hydrogen-bond acceptors (Lipinski definition) is 4. The van der Waals surface area contributed by atoms with E-state index in [2.05, 4.69) is 12.1 Å². The zero-order chi connectivity index (χ0) is 15.5. The van der Waals surface area contributed by atoms with Crippen molar-refractivity contribution in [2.24, 2.45) is 11.8 Å². The van der Waals surface area contributed by atoms with Crippen LogP contribution in [0.25, 0.3) is 0 Å². The lowest BCUT2D eigenvalue weighted by atomic mass is 9.91. The Morgan fingerprint density at radius 3 is 2.73 bits per heavy atom. The van der Waals surface area contributed by atoms with Gasteiger partial charge in [-0.15, -0.1) is 0 Å². The summed E-state index contributed by atoms with van der Waals surface area (Å²) in [6, 6.07) is 10.1. The first-order valence-electron chi connectivity index (χ1n) is 8.05. The van der Waals surface area contributed by atoms with E-state index in [0.717, 1.165) is 6.42 Å². The summed E-state index contributed by atoms with van der Waals surface area (Å²) < 4.78 is 5.40. The van der Waals surface area contributed by atoms with E-state index in [9.17, 15) is 15.3 Å². The minimum absolute atomic E-state index is 0.0338. The second-order valence-electron chi connectivity index (χ2n) is 6.39. The molecule has 0 bridgehead atoms. The molecule has 3 rings (SSSR count). The van der Waals surface area contributed by atoms with Crippen molar-refractivity contribution in [1.82, 2.24) is 0 Å². The summed E-state index contributed by atoms with van der Waals surface area (Å²) in [5.41, 5.74) is 1.21. The summed E-state index contributed by atoms with van der Waals surface area (Å²) in [6.45, 7) is 0. The molecule has 4 heteroatoms. The molecule has 1 saturated heterocycles. The quantitative estimate of drug-likeness (QED) is 0.723. The van der Waals surface area contributed by atoms with Crippen molar-refractivity contribution >= 4 is 0 Å². The number of hydrogen-bond donors (Lipinski definition) is 3. The van der Waals surface area contributed by atoms with Gasteiger partial charge in [-0.25, -0.2) is 0 Å². The molecule has 1 aromatic rings. The molecule has 1 saturated carbocycles. The zero-order valence-corrected chi connectivity index (χ0v) is 12.6. The van der Waals surface area contributed by atoms with Crippen molar-refractivity contribution in [2.75, 3.05) is 0 Å². The molecule has 4 nitrogen and oxygen atoms in total. The Hall–Kier alpha value is -1.20. The summed E-state index contributed by atoms with van der Waals surface area (Å²) >= 11 is 0. The molecule has 22 heavy (non-hydrogen) atoms. The van der Waals surface area contributed by atoms with Gasteiger partial charge in [0.1, 0.15) is 0 Å². The maximum Gasteiger partial charge on any atom is 0.155 e. The molecule has 6 atom stereocenters. The largest absolute Gasteiger partial charge is 0.392 e. The molecule has 3 N–H and O–H groups in total. The van der Waals surface area contributed by atoms with E-state index in [0.29, 0.717) is 19.3 Å². The SMILES string of the molecule is OC(C=C[C@@H]1[C@H]2CC(O)O[C@H]2C[C@H]1O)CCc1ccccc1. The molecule has 0 radical (unpaired) electrons. The van der Waals surface area contributed by atoms with Crippen LogP contribution in [0.3, 0.4) is 0 Å². The Labute approximate surface area is 131 Å². The normalized spacial score (nSPS) is 35.9. The molecule has 0 spiro atoms. The van der Waals surface area contributed by atoms with Gasteiger partial charge < -0.3 is 20.1 Å². The highest BCUT2D eigenvalue weighted by atomic mass is 16.6. The van der Waals surface area contributed by atoms with Crippen molar-refractivity contribution in [3.05, 3.63) is 48.0 Å². The molecular formula is C18H24O4. The molecule has 1 aromatic carbocycles. The van der Waals surface area contributed by atoms with E-state index in [4.69, 9.17) is 4.74 Å². The third-order valence-corrected chi connectivity index (χ3v) is 4.82. The van der Waals surface area contributed by atoms with Crippen LogP contribution < -0.4 is 0 Å². The molecule has 1 aliphatic heterocycles. The first kappa shape index (κ1) is 15.7. The maximum atomic E-state index is 10.1. The van der Waals surface area contributed by atoms with Gasteiger partial charge in [-0.1, -0.05) is 42.5 Å². The number of fused-ring (bicyclic) bond motifs is 1. The molecule has 120 valence electrons. The van der Waals surface area contributed by atoms with E-state index in [1.165, 1.54) is 5.56 Å². The average Bonchev–Trinajstić information content (AvgIpc) is 2.99. The minimum Gasteiger partial charge on any atom is -0.392 e. The van der Waals surface area contributed by atoms with Crippen molar-refractivity contribution in [1.29, 1.82) is 0 Å². The Kier molecular flexibility index (Phi) is 4.93. The third kappa shape index (κ3) is 3.58. The molecule has 2 fully saturated rings. The van der Waals surface area contributed by atoms with Crippen molar-refractivity contribution in [2.45, 2.75) is 50.3 Å². The van der Waals surface area contributed by atoms with Crippen molar-refractivity contribution < 1.29 is 20.1 Å². The minimum atomic E-state index is -0.707. The Balaban J connectivity index is 1.52. The van der Waals surface area contributed by atoms with Gasteiger partial charge in [0.2, 0.25) is 0 Å². The molecule has 1 heterocycles. The number of aliphatic hydroxyl groups is 3. The molecular weight excluding hydrogens is 280 g/mol. The predicted molar refractivity (Wildman–Crippen MR) is 83.0 cm³/mol. The second-order valence-corrected chi connectivity index (χ2v) is 6.39. The van der Waals surface area contributed by atoms with Crippen LogP contribution in [-0.4, -0.2) is 39.9 Å². The first-order valence-corrected chi connectivity index (χ1v) is 8.05. The fourth-order valence-corrected chi connectivity index (χ4v) is 3.64. The van der Waals surface area contributed by atoms with E-state index < -0.39 is 18.5 Å². The summed E-state index contributed by atoms with van der Waals surface area (Å²) in [6.07, 6.45) is 4.59. The van der Waals surface area contributed by atoms with Crippen LogP contribution in [0, 0.1) is 11.8 Å². The highest BCUT2D eigenvalue weighted by Gasteiger charge is 2.47. The summed E-state index contributed by atoms with van der Waals surface area (Å²) in [5.74, 6) is 0.121. The first-order chi connectivity index (χ1) is 10.6. The predicted octanol–water partition coefficient (Wildman–Crippen LogP) is 1.64. The lowest BCUT2D eigenvalue weighted by molar-refractivity contribution is -0.0949. The van der Waals surface area contributed by atoms with Crippen LogP contribution in [0.5, 0.6) is 0 Å². The fourth-order valence-electron chi connectivity index (χ4n) is 3.64. The van der Waals surface area contributed by atoms with Gasteiger partial charge in [-0.3, -0.25) is 0 Å². The molecule has 0 aromatic heterocycles. The highest BCUT2D eigenvalue weighted by Crippen LogP contribution is 2.43. The second kappa shape index (κ2) is 6.92. The smallest absolute Gasteiger partial charge is 0.155 e. The highest BCUT2D eigenvalue weighted by molar-refractivity contribution is 5.15. The van der Waals surface area contributed by atoms with Crippen LogP contribution in [-0.2, 0) is 11.2 Å². The number of benzene rings is 1. The topological polar surface area (TPSA) is 69.9 Å². The molecule has 2 unspecified atom stereocenters.